The van der Waals surface area contributed by atoms with Gasteiger partial charge in [-0.15, -0.1) is 0 Å². The number of carbonyl (C=O) groups excluding carboxylic acids is 5. The Bertz CT molecular complexity index is 1020. The Morgan fingerprint density at radius 3 is 2.69 bits per heavy atom. The molecule has 2 heterocycles. The minimum absolute atomic E-state index is 0.229. The summed E-state index contributed by atoms with van der Waals surface area (Å²) >= 11 is 4.86. The lowest BCUT2D eigenvalue weighted by Gasteiger charge is -2.28. The third-order valence-electron chi connectivity index (χ3n) is 5.90. The van der Waals surface area contributed by atoms with Crippen molar-refractivity contribution < 1.29 is 28.7 Å². The van der Waals surface area contributed by atoms with Gasteiger partial charge in [0, 0.05) is 43.5 Å². The molecule has 3 rings (SSSR count). The molecule has 0 radical (unpaired) electrons. The fraction of sp³-hybridized carbons (Fsp3) is 0.522. The molecule has 35 heavy (non-hydrogen) atoms. The molecular formula is C23H29BrN4O6S. The van der Waals surface area contributed by atoms with Gasteiger partial charge in [-0.05, 0) is 30.5 Å². The summed E-state index contributed by atoms with van der Waals surface area (Å²) in [6, 6.07) is 2.37. The van der Waals surface area contributed by atoms with Crippen LogP contribution < -0.4 is 10.6 Å². The van der Waals surface area contributed by atoms with E-state index >= 15 is 0 Å². The summed E-state index contributed by atoms with van der Waals surface area (Å²) in [7, 11) is 3.19. The van der Waals surface area contributed by atoms with E-state index < -0.39 is 42.5 Å². The van der Waals surface area contributed by atoms with Crippen LogP contribution in [0.2, 0.25) is 0 Å². The zero-order chi connectivity index (χ0) is 25.7. The molecule has 1 aromatic carbocycles. The molecule has 4 amide bonds. The summed E-state index contributed by atoms with van der Waals surface area (Å²) in [5.74, 6) is -1.62. The highest BCUT2D eigenvalue weighted by Crippen LogP contribution is 2.27. The normalized spacial score (nSPS) is 23.2. The molecule has 0 aromatic heterocycles. The van der Waals surface area contributed by atoms with Crippen LogP contribution in [-0.2, 0) is 29.7 Å². The number of esters is 1. The number of benzene rings is 1. The molecule has 10 nitrogen and oxygen atoms in total. The van der Waals surface area contributed by atoms with Crippen molar-refractivity contribution in [3.8, 4) is 0 Å². The highest BCUT2D eigenvalue weighted by Gasteiger charge is 2.36. The van der Waals surface area contributed by atoms with Crippen molar-refractivity contribution in [2.45, 2.75) is 43.6 Å². The standard InChI is InChI=1S/C23H29BrN4O6S/c1-13(29)28-9-5-8-19(28)21(31)25-17-10-34-23(33)14-6-4-7-16(24)15(14)11-35-12-18(26-20(17)30)22(32)27(2)3/h4,6-7,17-19H,5,8-12H2,1-3H3,(H,25,31)(H,26,30)/t17-,18-,19+/m1/s1. The van der Waals surface area contributed by atoms with Gasteiger partial charge in [0.15, 0.2) is 0 Å². The van der Waals surface area contributed by atoms with Gasteiger partial charge in [0.05, 0.1) is 5.56 Å². The summed E-state index contributed by atoms with van der Waals surface area (Å²) < 4.78 is 6.17. The Labute approximate surface area is 216 Å². The Balaban J connectivity index is 1.88. The number of cyclic esters (lactones) is 1. The lowest BCUT2D eigenvalue weighted by Crippen LogP contribution is -2.58. The van der Waals surface area contributed by atoms with Crippen molar-refractivity contribution in [3.63, 3.8) is 0 Å². The first kappa shape index (κ1) is 27.0. The maximum atomic E-state index is 13.2. The quantitative estimate of drug-likeness (QED) is 0.519. The molecule has 190 valence electrons. The maximum absolute atomic E-state index is 13.2. The van der Waals surface area contributed by atoms with Crippen LogP contribution >= 0.6 is 27.7 Å². The number of halogens is 1. The Hall–Kier alpha value is -2.60. The van der Waals surface area contributed by atoms with Crippen LogP contribution in [0.15, 0.2) is 22.7 Å². The Kier molecular flexibility index (Phi) is 9.17. The van der Waals surface area contributed by atoms with Gasteiger partial charge in [0.25, 0.3) is 0 Å². The van der Waals surface area contributed by atoms with Crippen molar-refractivity contribution in [2.75, 3.05) is 33.0 Å². The molecule has 2 N–H and O–H groups in total. The Morgan fingerprint density at radius 2 is 2.00 bits per heavy atom. The van der Waals surface area contributed by atoms with Gasteiger partial charge in [-0.2, -0.15) is 11.8 Å². The van der Waals surface area contributed by atoms with Gasteiger partial charge >= 0.3 is 5.97 Å². The van der Waals surface area contributed by atoms with E-state index in [0.717, 1.165) is 4.47 Å². The second-order valence-electron chi connectivity index (χ2n) is 8.60. The summed E-state index contributed by atoms with van der Waals surface area (Å²) in [4.78, 5) is 66.5. The van der Waals surface area contributed by atoms with Gasteiger partial charge in [-0.25, -0.2) is 4.79 Å². The van der Waals surface area contributed by atoms with Crippen LogP contribution in [0.5, 0.6) is 0 Å². The number of nitrogens with zero attached hydrogens (tertiary/aromatic N) is 2. The van der Waals surface area contributed by atoms with Gasteiger partial charge < -0.3 is 25.2 Å². The smallest absolute Gasteiger partial charge is 0.338 e. The summed E-state index contributed by atoms with van der Waals surface area (Å²) in [5.41, 5.74) is 1.06. The largest absolute Gasteiger partial charge is 0.459 e. The van der Waals surface area contributed by atoms with Gasteiger partial charge in [0.1, 0.15) is 24.7 Å². The van der Waals surface area contributed by atoms with E-state index in [0.29, 0.717) is 36.3 Å². The fourth-order valence-electron chi connectivity index (χ4n) is 4.04. The van der Waals surface area contributed by atoms with Crippen LogP contribution in [0, 0.1) is 0 Å². The topological polar surface area (TPSA) is 125 Å². The number of nitrogens with one attached hydrogen (secondary N) is 2. The third kappa shape index (κ3) is 6.54. The number of hydrogen-bond donors (Lipinski definition) is 2. The Morgan fingerprint density at radius 1 is 1.26 bits per heavy atom. The predicted octanol–water partition coefficient (Wildman–Crippen LogP) is 0.921. The van der Waals surface area contributed by atoms with Crippen molar-refractivity contribution in [3.05, 3.63) is 33.8 Å². The lowest BCUT2D eigenvalue weighted by molar-refractivity contribution is -0.139. The van der Waals surface area contributed by atoms with Gasteiger partial charge in [0.2, 0.25) is 23.6 Å². The average molecular weight is 569 g/mol. The molecule has 1 fully saturated rings. The van der Waals surface area contributed by atoms with Crippen LogP contribution in [0.1, 0.15) is 35.7 Å². The maximum Gasteiger partial charge on any atom is 0.338 e. The van der Waals surface area contributed by atoms with Crippen molar-refractivity contribution in [2.24, 2.45) is 0 Å². The molecular weight excluding hydrogens is 540 g/mol. The van der Waals surface area contributed by atoms with E-state index in [1.54, 1.807) is 26.2 Å². The van der Waals surface area contributed by atoms with E-state index in [-0.39, 0.29) is 17.6 Å². The molecule has 2 aliphatic rings. The van der Waals surface area contributed by atoms with Crippen LogP contribution in [-0.4, -0.2) is 90.5 Å². The number of likely N-dealkylation sites (tertiary alicyclic amines) is 1. The minimum atomic E-state index is -1.24. The van der Waals surface area contributed by atoms with E-state index in [4.69, 9.17) is 4.74 Å². The first-order chi connectivity index (χ1) is 16.6. The number of ether oxygens (including phenoxy) is 1. The van der Waals surface area contributed by atoms with E-state index in [1.807, 2.05) is 6.07 Å². The molecule has 1 aromatic rings. The molecule has 0 bridgehead atoms. The predicted molar refractivity (Wildman–Crippen MR) is 134 cm³/mol. The molecule has 0 unspecified atom stereocenters. The number of fused-ring (bicyclic) bond motifs is 1. The average Bonchev–Trinajstić information content (AvgIpc) is 3.31. The van der Waals surface area contributed by atoms with Crippen molar-refractivity contribution in [1.82, 2.24) is 20.4 Å². The second-order valence-corrected chi connectivity index (χ2v) is 10.5. The molecule has 0 aliphatic carbocycles. The van der Waals surface area contributed by atoms with E-state index in [9.17, 15) is 24.0 Å². The van der Waals surface area contributed by atoms with Crippen LogP contribution in [0.25, 0.3) is 0 Å². The molecule has 1 saturated heterocycles. The second kappa shape index (κ2) is 11.9. The SMILES string of the molecule is CC(=O)N1CCC[C@H]1C(=O)N[C@@H]1COC(=O)c2cccc(Br)c2CSC[C@H](C(=O)N(C)C)NC1=O. The molecule has 0 spiro atoms. The number of rotatable bonds is 3. The molecule has 2 aliphatic heterocycles. The molecule has 12 heteroatoms. The fourth-order valence-corrected chi connectivity index (χ4v) is 5.82. The minimum Gasteiger partial charge on any atom is -0.459 e. The number of hydrogen-bond acceptors (Lipinski definition) is 7. The highest BCUT2D eigenvalue weighted by molar-refractivity contribution is 9.10. The zero-order valence-electron chi connectivity index (χ0n) is 19.8. The monoisotopic (exact) mass is 568 g/mol. The first-order valence-electron chi connectivity index (χ1n) is 11.2. The molecule has 3 atom stereocenters. The van der Waals surface area contributed by atoms with Crippen LogP contribution in [0.4, 0.5) is 0 Å². The van der Waals surface area contributed by atoms with Crippen molar-refractivity contribution >= 4 is 57.3 Å². The van der Waals surface area contributed by atoms with E-state index in [1.165, 1.54) is 28.5 Å². The molecule has 0 saturated carbocycles. The van der Waals surface area contributed by atoms with E-state index in [2.05, 4.69) is 26.6 Å². The summed E-state index contributed by atoms with van der Waals surface area (Å²) in [6.45, 7) is 1.42. The number of likely N-dealkylation sites (N-methyl/N-ethyl adjacent to an activating group) is 1. The zero-order valence-corrected chi connectivity index (χ0v) is 22.2. The summed E-state index contributed by atoms with van der Waals surface area (Å²) in [6.07, 6.45) is 1.14. The summed E-state index contributed by atoms with van der Waals surface area (Å²) in [5, 5.41) is 5.33. The van der Waals surface area contributed by atoms with Gasteiger partial charge in [-0.3, -0.25) is 19.2 Å². The first-order valence-corrected chi connectivity index (χ1v) is 13.2. The third-order valence-corrected chi connectivity index (χ3v) is 7.70. The lowest BCUT2D eigenvalue weighted by atomic mass is 10.1. The van der Waals surface area contributed by atoms with Gasteiger partial charge in [-0.1, -0.05) is 22.0 Å². The van der Waals surface area contributed by atoms with Crippen LogP contribution in [0.3, 0.4) is 0 Å². The van der Waals surface area contributed by atoms with Crippen molar-refractivity contribution in [1.29, 1.82) is 0 Å². The number of thioether (sulfide) groups is 1. The number of carbonyl (C=O) groups is 5. The number of amides is 4. The highest BCUT2D eigenvalue weighted by atomic mass is 79.9.